The van der Waals surface area contributed by atoms with Gasteiger partial charge in [0.05, 0.1) is 12.8 Å². The minimum absolute atomic E-state index is 0.778. The molecule has 0 aromatic carbocycles. The Bertz CT molecular complexity index is 238. The Morgan fingerprint density at radius 3 is 1.40 bits per heavy atom. The first-order valence-corrected chi connectivity index (χ1v) is 6.57. The summed E-state index contributed by atoms with van der Waals surface area (Å²) < 4.78 is 0. The maximum atomic E-state index is 10.3. The van der Waals surface area contributed by atoms with Crippen molar-refractivity contribution in [2.24, 2.45) is 0 Å². The highest BCUT2D eigenvalue weighted by molar-refractivity contribution is 6.80. The number of halogens is 1. The Morgan fingerprint density at radius 1 is 1.00 bits per heavy atom. The van der Waals surface area contributed by atoms with Crippen LogP contribution in [0.3, 0.4) is 0 Å². The van der Waals surface area contributed by atoms with Gasteiger partial charge in [-0.1, -0.05) is 0 Å². The summed E-state index contributed by atoms with van der Waals surface area (Å²) >= 11 is 0.778. The van der Waals surface area contributed by atoms with Crippen LogP contribution in [0.25, 0.3) is 0 Å². The van der Waals surface area contributed by atoms with E-state index in [4.69, 9.17) is 30.5 Å². The molecule has 0 amide bonds. The van der Waals surface area contributed by atoms with Crippen molar-refractivity contribution in [3.05, 3.63) is 0 Å². The molecular weight excluding hydrogens is 246 g/mol. The van der Waals surface area contributed by atoms with Crippen molar-refractivity contribution >= 4 is 43.3 Å². The Labute approximate surface area is 96.9 Å². The van der Waals surface area contributed by atoms with Gasteiger partial charge in [0, 0.05) is 0 Å². The lowest BCUT2D eigenvalue weighted by Crippen LogP contribution is -2.42. The summed E-state index contributed by atoms with van der Waals surface area (Å²) in [6.07, 6.45) is -2.29. The van der Waals surface area contributed by atoms with Crippen LogP contribution in [0.2, 0.25) is 0 Å². The molecule has 9 heteroatoms. The van der Waals surface area contributed by atoms with Gasteiger partial charge < -0.3 is 20.4 Å². The summed E-state index contributed by atoms with van der Waals surface area (Å²) in [5.41, 5.74) is -2.74. The first kappa shape index (κ1) is 16.6. The summed E-state index contributed by atoms with van der Waals surface area (Å²) in [5.74, 6) is -5.02. The largest absolute Gasteiger partial charge is 0.481 e. The molecule has 0 aromatic rings. The van der Waals surface area contributed by atoms with E-state index in [2.05, 4.69) is 0 Å². The third-order valence-electron chi connectivity index (χ3n) is 1.29. The third kappa shape index (κ3) is 7.16. The predicted octanol–water partition coefficient (Wildman–Crippen LogP) is -1.48. The van der Waals surface area contributed by atoms with Crippen molar-refractivity contribution in [1.29, 1.82) is 0 Å². The molecular formula is C6H10AlClO7. The second-order valence-corrected chi connectivity index (χ2v) is 2.48. The first-order chi connectivity index (χ1) is 6.78. The van der Waals surface area contributed by atoms with E-state index in [9.17, 15) is 14.4 Å². The third-order valence-corrected chi connectivity index (χ3v) is 1.29. The number of hydrogen-bond acceptors (Lipinski definition) is 4. The van der Waals surface area contributed by atoms with Gasteiger partial charge in [-0.2, -0.15) is 0 Å². The van der Waals surface area contributed by atoms with Crippen LogP contribution in [0.15, 0.2) is 0 Å². The molecule has 0 aliphatic rings. The number of aliphatic carboxylic acids is 3. The number of carbonyl (C=O) groups is 3. The summed E-state index contributed by atoms with van der Waals surface area (Å²) in [5, 5.41) is 33.8. The molecule has 0 saturated heterocycles. The van der Waals surface area contributed by atoms with Crippen molar-refractivity contribution in [1.82, 2.24) is 0 Å². The normalized spacial score (nSPS) is 9.73. The Morgan fingerprint density at radius 2 is 1.27 bits per heavy atom. The van der Waals surface area contributed by atoms with E-state index in [0.717, 1.165) is 15.4 Å². The van der Waals surface area contributed by atoms with Crippen LogP contribution < -0.4 is 0 Å². The zero-order valence-corrected chi connectivity index (χ0v) is 10.6. The highest BCUT2D eigenvalue weighted by Gasteiger charge is 2.40. The predicted molar refractivity (Wildman–Crippen MR) is 51.5 cm³/mol. The minimum atomic E-state index is -2.74. The van der Waals surface area contributed by atoms with Crippen molar-refractivity contribution in [2.75, 3.05) is 0 Å². The van der Waals surface area contributed by atoms with Gasteiger partial charge >= 0.3 is 33.3 Å². The van der Waals surface area contributed by atoms with E-state index in [1.165, 1.54) is 0 Å². The molecule has 0 heterocycles. The lowest BCUT2D eigenvalue weighted by Gasteiger charge is -2.18. The zero-order valence-electron chi connectivity index (χ0n) is 7.81. The van der Waals surface area contributed by atoms with Crippen LogP contribution >= 0.6 is 10.0 Å². The lowest BCUT2D eigenvalue weighted by atomic mass is 9.96. The fraction of sp³-hybridized carbons (Fsp3) is 0.500. The highest BCUT2D eigenvalue weighted by atomic mass is 35.6. The first-order valence-electron chi connectivity index (χ1n) is 3.55. The summed E-state index contributed by atoms with van der Waals surface area (Å²) in [7, 11) is 4.78. The molecule has 86 valence electrons. The van der Waals surface area contributed by atoms with Crippen molar-refractivity contribution in [3.63, 3.8) is 0 Å². The van der Waals surface area contributed by atoms with Crippen LogP contribution in [0.4, 0.5) is 0 Å². The molecule has 0 radical (unpaired) electrons. The molecule has 0 saturated carbocycles. The number of rotatable bonds is 5. The van der Waals surface area contributed by atoms with E-state index in [1.807, 2.05) is 0 Å². The monoisotopic (exact) mass is 256 g/mol. The maximum absolute atomic E-state index is 10.3. The molecule has 0 aromatic heterocycles. The Kier molecular flexibility index (Phi) is 8.29. The molecule has 4 N–H and O–H groups in total. The second kappa shape index (κ2) is 7.48. The van der Waals surface area contributed by atoms with Crippen LogP contribution in [0.1, 0.15) is 12.8 Å². The fourth-order valence-electron chi connectivity index (χ4n) is 0.714. The van der Waals surface area contributed by atoms with Gasteiger partial charge in [0.25, 0.3) is 0 Å². The number of carboxylic acid groups (broad SMARTS) is 3. The van der Waals surface area contributed by atoms with Gasteiger partial charge in [0.1, 0.15) is 0 Å². The molecule has 0 rings (SSSR count). The van der Waals surface area contributed by atoms with Crippen LogP contribution in [-0.4, -0.2) is 59.3 Å². The number of hydrogen-bond donors (Lipinski definition) is 4. The molecule has 0 spiro atoms. The average Bonchev–Trinajstić information content (AvgIpc) is 2.04. The van der Waals surface area contributed by atoms with Crippen molar-refractivity contribution < 1.29 is 34.8 Å². The Balaban J connectivity index is 0. The molecule has 0 aliphatic heterocycles. The van der Waals surface area contributed by atoms with E-state index in [-0.39, 0.29) is 0 Å². The molecule has 15 heavy (non-hydrogen) atoms. The fourth-order valence-corrected chi connectivity index (χ4v) is 0.714. The molecule has 0 bridgehead atoms. The number of aliphatic hydroxyl groups is 1. The van der Waals surface area contributed by atoms with E-state index < -0.39 is 36.4 Å². The van der Waals surface area contributed by atoms with Crippen molar-refractivity contribution in [2.45, 2.75) is 18.4 Å². The minimum Gasteiger partial charge on any atom is -0.481 e. The summed E-state index contributed by atoms with van der Waals surface area (Å²) in [4.78, 5) is 30.5. The smallest absolute Gasteiger partial charge is 0.353 e. The van der Waals surface area contributed by atoms with Gasteiger partial charge in [0.2, 0.25) is 0 Å². The highest BCUT2D eigenvalue weighted by Crippen LogP contribution is 2.15. The van der Waals surface area contributed by atoms with Gasteiger partial charge in [-0.05, 0) is 0 Å². The van der Waals surface area contributed by atoms with Gasteiger partial charge in [0.15, 0.2) is 5.60 Å². The van der Waals surface area contributed by atoms with Crippen LogP contribution in [0, 0.1) is 0 Å². The quantitative estimate of drug-likeness (QED) is 0.441. The standard InChI is InChI=1S/C6H8O7.Al.ClH.2H/c7-3(8)1-6(13,5(11)12)2-4(9)10;;;;/h13H,1-2H2,(H,7,8)(H,9,10)(H,11,12);;1H;;/q;+1;;;/p-1. The SMILES string of the molecule is O=C(O)CC(O)(CC(=O)O)C(=O)O.[AlH2][Cl]. The summed E-state index contributed by atoms with van der Waals surface area (Å²) in [6.45, 7) is 0. The number of carboxylic acids is 3. The molecule has 0 aliphatic carbocycles. The molecule has 0 unspecified atom stereocenters. The van der Waals surface area contributed by atoms with Gasteiger partial charge in [-0.15, -0.1) is 0 Å². The lowest BCUT2D eigenvalue weighted by molar-refractivity contribution is -0.170. The van der Waals surface area contributed by atoms with Gasteiger partial charge in [-0.25, -0.2) is 4.79 Å². The Hall–Kier alpha value is -0.808. The second-order valence-electron chi connectivity index (χ2n) is 2.48. The van der Waals surface area contributed by atoms with Crippen LogP contribution in [0.5, 0.6) is 0 Å². The van der Waals surface area contributed by atoms with E-state index >= 15 is 0 Å². The van der Waals surface area contributed by atoms with Crippen molar-refractivity contribution in [3.8, 4) is 0 Å². The van der Waals surface area contributed by atoms with Gasteiger partial charge in [-0.3, -0.25) is 19.6 Å². The zero-order chi connectivity index (χ0) is 12.6. The average molecular weight is 257 g/mol. The van der Waals surface area contributed by atoms with Crippen LogP contribution in [-0.2, 0) is 14.4 Å². The molecule has 0 fully saturated rings. The topological polar surface area (TPSA) is 132 Å². The maximum Gasteiger partial charge on any atom is 0.353 e. The van der Waals surface area contributed by atoms with E-state index in [0.29, 0.717) is 0 Å². The van der Waals surface area contributed by atoms with E-state index in [1.54, 1.807) is 0 Å². The summed E-state index contributed by atoms with van der Waals surface area (Å²) in [6, 6.07) is 0. The molecule has 7 nitrogen and oxygen atoms in total. The molecule has 0 atom stereocenters.